The van der Waals surface area contributed by atoms with Crippen molar-refractivity contribution >= 4 is 22.3 Å². The number of nitrogens with zero attached hydrogens (tertiary/aromatic N) is 4. The Labute approximate surface area is 169 Å². The molecule has 0 radical (unpaired) electrons. The van der Waals surface area contributed by atoms with Gasteiger partial charge in [-0.2, -0.15) is 5.10 Å². The fourth-order valence-electron chi connectivity index (χ4n) is 3.06. The molecule has 10 heteroatoms. The summed E-state index contributed by atoms with van der Waals surface area (Å²) in [7, 11) is 4.26. The van der Waals surface area contributed by atoms with Crippen LogP contribution in [-0.4, -0.2) is 33.6 Å². The third-order valence-electron chi connectivity index (χ3n) is 4.57. The number of halogens is 2. The van der Waals surface area contributed by atoms with Crippen LogP contribution in [0.25, 0.3) is 16.6 Å². The molecule has 154 valence electrons. The normalized spacial score (nSPS) is 11.0. The first-order valence-corrected chi connectivity index (χ1v) is 8.80. The summed E-state index contributed by atoms with van der Waals surface area (Å²) >= 11 is 0. The molecule has 0 spiro atoms. The van der Waals surface area contributed by atoms with E-state index in [1.807, 2.05) is 0 Å². The monoisotopic (exact) mass is 413 g/mol. The number of hydrogen-bond acceptors (Lipinski definition) is 6. The molecule has 0 saturated carbocycles. The molecular weight excluding hydrogens is 396 g/mol. The quantitative estimate of drug-likeness (QED) is 0.541. The molecule has 0 aliphatic carbocycles. The van der Waals surface area contributed by atoms with Crippen molar-refractivity contribution in [3.63, 3.8) is 0 Å². The summed E-state index contributed by atoms with van der Waals surface area (Å²) in [5.74, 6) is -2.21. The molecule has 2 aromatic heterocycles. The van der Waals surface area contributed by atoms with Gasteiger partial charge in [-0.05, 0) is 18.2 Å². The Morgan fingerprint density at radius 2 is 1.77 bits per heavy atom. The van der Waals surface area contributed by atoms with Gasteiger partial charge in [0.15, 0.2) is 23.1 Å². The minimum Gasteiger partial charge on any atom is -0.493 e. The van der Waals surface area contributed by atoms with Gasteiger partial charge in [0.1, 0.15) is 12.0 Å². The predicted molar refractivity (Wildman–Crippen MR) is 107 cm³/mol. The van der Waals surface area contributed by atoms with E-state index in [9.17, 15) is 13.6 Å². The van der Waals surface area contributed by atoms with Crippen LogP contribution in [-0.2, 0) is 7.05 Å². The highest BCUT2D eigenvalue weighted by molar-refractivity contribution is 5.83. The molecule has 8 nitrogen and oxygen atoms in total. The van der Waals surface area contributed by atoms with Crippen molar-refractivity contribution in [3.05, 3.63) is 65.0 Å². The van der Waals surface area contributed by atoms with Crippen LogP contribution in [0.4, 0.5) is 20.2 Å². The average Bonchev–Trinajstić information content (AvgIpc) is 3.18. The maximum atomic E-state index is 14.6. The number of aromatic nitrogens is 4. The topological polar surface area (TPSA) is 83.2 Å². The zero-order valence-corrected chi connectivity index (χ0v) is 16.3. The first-order chi connectivity index (χ1) is 14.4. The smallest absolute Gasteiger partial charge is 0.265 e. The molecule has 0 amide bonds. The largest absolute Gasteiger partial charge is 0.493 e. The maximum absolute atomic E-state index is 14.6. The van der Waals surface area contributed by atoms with Crippen LogP contribution in [0, 0.1) is 11.6 Å². The molecule has 4 rings (SSSR count). The Kier molecular flexibility index (Phi) is 4.82. The standard InChI is InChI=1S/C20H17F2N5O3/c1-26-9-12(8-24-26)27-10-23-14-5-4-11(6-13(14)20(27)28)25-19-17(21)15(29-2)7-16(30-3)18(19)22/h4-10,25H,1-3H3. The van der Waals surface area contributed by atoms with Crippen LogP contribution in [0.15, 0.2) is 47.8 Å². The molecule has 4 aromatic rings. The molecule has 0 bridgehead atoms. The summed E-state index contributed by atoms with van der Waals surface area (Å²) in [6.07, 6.45) is 4.61. The van der Waals surface area contributed by atoms with Gasteiger partial charge in [-0.15, -0.1) is 0 Å². The van der Waals surface area contributed by atoms with E-state index in [0.29, 0.717) is 16.9 Å². The molecule has 0 aliphatic heterocycles. The third-order valence-corrected chi connectivity index (χ3v) is 4.57. The Bertz CT molecular complexity index is 1290. The summed E-state index contributed by atoms with van der Waals surface area (Å²) in [5, 5.41) is 6.99. The molecule has 0 saturated heterocycles. The molecule has 1 N–H and O–H groups in total. The lowest BCUT2D eigenvalue weighted by Gasteiger charge is -2.14. The number of ether oxygens (including phenoxy) is 2. The van der Waals surface area contributed by atoms with Crippen molar-refractivity contribution in [3.8, 4) is 17.2 Å². The second-order valence-electron chi connectivity index (χ2n) is 6.43. The molecule has 0 unspecified atom stereocenters. The fourth-order valence-corrected chi connectivity index (χ4v) is 3.06. The number of fused-ring (bicyclic) bond motifs is 1. The summed E-state index contributed by atoms with van der Waals surface area (Å²) < 4.78 is 42.1. The average molecular weight is 413 g/mol. The molecule has 0 fully saturated rings. The number of hydrogen-bond donors (Lipinski definition) is 1. The summed E-state index contributed by atoms with van der Waals surface area (Å²) in [6, 6.07) is 5.74. The first-order valence-electron chi connectivity index (χ1n) is 8.80. The van der Waals surface area contributed by atoms with E-state index in [0.717, 1.165) is 6.07 Å². The highest BCUT2D eigenvalue weighted by Gasteiger charge is 2.20. The predicted octanol–water partition coefficient (Wildman–Crippen LogP) is 3.16. The van der Waals surface area contributed by atoms with E-state index in [1.54, 1.807) is 30.1 Å². The highest BCUT2D eigenvalue weighted by atomic mass is 19.1. The zero-order chi connectivity index (χ0) is 21.4. The minimum atomic E-state index is -0.921. The Morgan fingerprint density at radius 1 is 1.07 bits per heavy atom. The second kappa shape index (κ2) is 7.47. The Balaban J connectivity index is 1.81. The minimum absolute atomic E-state index is 0.183. The molecule has 2 heterocycles. The molecule has 0 atom stereocenters. The van der Waals surface area contributed by atoms with Crippen molar-refractivity contribution in [2.75, 3.05) is 19.5 Å². The van der Waals surface area contributed by atoms with Crippen molar-refractivity contribution in [2.24, 2.45) is 7.05 Å². The molecule has 30 heavy (non-hydrogen) atoms. The van der Waals surface area contributed by atoms with E-state index in [-0.39, 0.29) is 22.4 Å². The van der Waals surface area contributed by atoms with Gasteiger partial charge in [0, 0.05) is 25.0 Å². The molecular formula is C20H17F2N5O3. The number of anilines is 2. The molecule has 0 aliphatic rings. The van der Waals surface area contributed by atoms with Crippen molar-refractivity contribution in [2.45, 2.75) is 0 Å². The van der Waals surface area contributed by atoms with Crippen LogP contribution in [0.2, 0.25) is 0 Å². The van der Waals surface area contributed by atoms with Crippen molar-refractivity contribution in [1.82, 2.24) is 19.3 Å². The third kappa shape index (κ3) is 3.21. The van der Waals surface area contributed by atoms with Gasteiger partial charge in [-0.25, -0.2) is 13.8 Å². The number of nitrogens with one attached hydrogen (secondary N) is 1. The maximum Gasteiger partial charge on any atom is 0.265 e. The van der Waals surface area contributed by atoms with Gasteiger partial charge in [0.2, 0.25) is 0 Å². The van der Waals surface area contributed by atoms with E-state index in [1.165, 1.54) is 37.4 Å². The van der Waals surface area contributed by atoms with Crippen LogP contribution in [0.3, 0.4) is 0 Å². The van der Waals surface area contributed by atoms with Crippen molar-refractivity contribution in [1.29, 1.82) is 0 Å². The van der Waals surface area contributed by atoms with E-state index >= 15 is 0 Å². The fraction of sp³-hybridized carbons (Fsp3) is 0.150. The van der Waals surface area contributed by atoms with Crippen LogP contribution >= 0.6 is 0 Å². The lowest BCUT2D eigenvalue weighted by atomic mass is 10.2. The van der Waals surface area contributed by atoms with Gasteiger partial charge in [-0.3, -0.25) is 14.0 Å². The second-order valence-corrected chi connectivity index (χ2v) is 6.43. The summed E-state index contributed by atoms with van der Waals surface area (Å²) in [4.78, 5) is 17.2. The van der Waals surface area contributed by atoms with Gasteiger partial charge in [-0.1, -0.05) is 0 Å². The van der Waals surface area contributed by atoms with Crippen molar-refractivity contribution < 1.29 is 18.3 Å². The van der Waals surface area contributed by atoms with Crippen LogP contribution in [0.5, 0.6) is 11.5 Å². The van der Waals surface area contributed by atoms with Gasteiger partial charge in [0.25, 0.3) is 5.56 Å². The van der Waals surface area contributed by atoms with Crippen LogP contribution < -0.4 is 20.3 Å². The van der Waals surface area contributed by atoms with Gasteiger partial charge < -0.3 is 14.8 Å². The number of rotatable bonds is 5. The van der Waals surface area contributed by atoms with E-state index in [2.05, 4.69) is 15.4 Å². The van der Waals surface area contributed by atoms with E-state index in [4.69, 9.17) is 9.47 Å². The zero-order valence-electron chi connectivity index (χ0n) is 16.3. The van der Waals surface area contributed by atoms with Gasteiger partial charge in [0.05, 0.1) is 37.0 Å². The Morgan fingerprint density at radius 3 is 2.37 bits per heavy atom. The number of aryl methyl sites for hydroxylation is 1. The van der Waals surface area contributed by atoms with E-state index < -0.39 is 17.3 Å². The lowest BCUT2D eigenvalue weighted by Crippen LogP contribution is -2.18. The first kappa shape index (κ1) is 19.4. The summed E-state index contributed by atoms with van der Waals surface area (Å²) in [6.45, 7) is 0. The lowest BCUT2D eigenvalue weighted by molar-refractivity contribution is 0.360. The van der Waals surface area contributed by atoms with Crippen LogP contribution in [0.1, 0.15) is 0 Å². The summed E-state index contributed by atoms with van der Waals surface area (Å²) in [5.41, 5.74) is 0.473. The SMILES string of the molecule is COc1cc(OC)c(F)c(Nc2ccc3ncn(-c4cnn(C)c4)c(=O)c3c2)c1F. The number of benzene rings is 2. The molecule has 2 aromatic carbocycles. The number of methoxy groups -OCH3 is 2. The highest BCUT2D eigenvalue weighted by Crippen LogP contribution is 2.36. The van der Waals surface area contributed by atoms with Gasteiger partial charge >= 0.3 is 0 Å². The Hall–Kier alpha value is -3.95.